The molecule has 1 atom stereocenters. The van der Waals surface area contributed by atoms with Crippen molar-refractivity contribution < 1.29 is 9.53 Å². The van der Waals surface area contributed by atoms with Gasteiger partial charge in [-0.05, 0) is 31.5 Å². The second kappa shape index (κ2) is 9.56. The smallest absolute Gasteiger partial charge is 0.234 e. The van der Waals surface area contributed by atoms with Crippen molar-refractivity contribution in [2.75, 3.05) is 46.4 Å². The summed E-state index contributed by atoms with van der Waals surface area (Å²) in [6, 6.07) is 10.3. The molecule has 0 aromatic heterocycles. The summed E-state index contributed by atoms with van der Waals surface area (Å²) in [7, 11) is 1.66. The average molecular weight is 305 g/mol. The molecule has 2 N–H and O–H groups in total. The Morgan fingerprint density at radius 1 is 1.27 bits per heavy atom. The fraction of sp³-hybridized carbons (Fsp3) is 0.588. The third-order valence-electron chi connectivity index (χ3n) is 3.95. The highest BCUT2D eigenvalue weighted by Crippen LogP contribution is 2.17. The van der Waals surface area contributed by atoms with Gasteiger partial charge in [0.25, 0.3) is 0 Å². The lowest BCUT2D eigenvalue weighted by molar-refractivity contribution is -0.121. The van der Waals surface area contributed by atoms with Crippen molar-refractivity contribution >= 4 is 5.91 Å². The molecule has 1 unspecified atom stereocenters. The lowest BCUT2D eigenvalue weighted by Crippen LogP contribution is -2.41. The quantitative estimate of drug-likeness (QED) is 0.673. The summed E-state index contributed by atoms with van der Waals surface area (Å²) in [6.45, 7) is 4.77. The molecule has 1 aromatic rings. The first-order valence-electron chi connectivity index (χ1n) is 8.06. The van der Waals surface area contributed by atoms with E-state index >= 15 is 0 Å². The third-order valence-corrected chi connectivity index (χ3v) is 3.95. The maximum atomic E-state index is 12.1. The van der Waals surface area contributed by atoms with E-state index in [0.717, 1.165) is 19.6 Å². The van der Waals surface area contributed by atoms with Crippen molar-refractivity contribution in [1.82, 2.24) is 15.5 Å². The van der Waals surface area contributed by atoms with Gasteiger partial charge in [-0.3, -0.25) is 4.79 Å². The SMILES string of the molecule is COCCNCC(=O)NC(CN1CCCC1)c1ccccc1. The molecule has 1 aliphatic rings. The van der Waals surface area contributed by atoms with Crippen LogP contribution >= 0.6 is 0 Å². The molecule has 2 rings (SSSR count). The van der Waals surface area contributed by atoms with Gasteiger partial charge in [-0.1, -0.05) is 30.3 Å². The second-order valence-corrected chi connectivity index (χ2v) is 5.71. The fourth-order valence-corrected chi connectivity index (χ4v) is 2.76. The van der Waals surface area contributed by atoms with Crippen molar-refractivity contribution in [2.45, 2.75) is 18.9 Å². The third kappa shape index (κ3) is 5.75. The van der Waals surface area contributed by atoms with Gasteiger partial charge in [0.05, 0.1) is 19.2 Å². The highest BCUT2D eigenvalue weighted by Gasteiger charge is 2.20. The second-order valence-electron chi connectivity index (χ2n) is 5.71. The summed E-state index contributed by atoms with van der Waals surface area (Å²) in [5.41, 5.74) is 1.17. The summed E-state index contributed by atoms with van der Waals surface area (Å²) in [5.74, 6) is 0.0316. The summed E-state index contributed by atoms with van der Waals surface area (Å²) < 4.78 is 4.96. The zero-order chi connectivity index (χ0) is 15.6. The maximum Gasteiger partial charge on any atom is 0.234 e. The number of hydrogen-bond donors (Lipinski definition) is 2. The van der Waals surface area contributed by atoms with Gasteiger partial charge in [0.2, 0.25) is 5.91 Å². The predicted octanol–water partition coefficient (Wildman–Crippen LogP) is 1.18. The van der Waals surface area contributed by atoms with Gasteiger partial charge in [0.15, 0.2) is 0 Å². The lowest BCUT2D eigenvalue weighted by Gasteiger charge is -2.25. The number of carbonyl (C=O) groups is 1. The van der Waals surface area contributed by atoms with Crippen molar-refractivity contribution in [3.8, 4) is 0 Å². The summed E-state index contributed by atoms with van der Waals surface area (Å²) >= 11 is 0. The molecule has 0 saturated carbocycles. The summed E-state index contributed by atoms with van der Waals surface area (Å²) in [6.07, 6.45) is 2.52. The number of methoxy groups -OCH3 is 1. The monoisotopic (exact) mass is 305 g/mol. The van der Waals surface area contributed by atoms with E-state index in [1.165, 1.54) is 18.4 Å². The van der Waals surface area contributed by atoms with E-state index in [1.807, 2.05) is 18.2 Å². The lowest BCUT2D eigenvalue weighted by atomic mass is 10.1. The normalized spacial score (nSPS) is 16.6. The predicted molar refractivity (Wildman–Crippen MR) is 87.7 cm³/mol. The molecular formula is C17H27N3O2. The molecule has 22 heavy (non-hydrogen) atoms. The molecule has 5 nitrogen and oxygen atoms in total. The Morgan fingerprint density at radius 2 is 2.00 bits per heavy atom. The Hall–Kier alpha value is -1.43. The minimum absolute atomic E-state index is 0.0316. The van der Waals surface area contributed by atoms with E-state index in [0.29, 0.717) is 19.7 Å². The first-order valence-corrected chi connectivity index (χ1v) is 8.06. The van der Waals surface area contributed by atoms with Crippen LogP contribution in [0.15, 0.2) is 30.3 Å². The molecule has 1 aliphatic heterocycles. The van der Waals surface area contributed by atoms with Crippen LogP contribution in [-0.2, 0) is 9.53 Å². The number of hydrogen-bond acceptors (Lipinski definition) is 4. The van der Waals surface area contributed by atoms with E-state index in [9.17, 15) is 4.79 Å². The number of nitrogens with zero attached hydrogens (tertiary/aromatic N) is 1. The van der Waals surface area contributed by atoms with Gasteiger partial charge < -0.3 is 20.3 Å². The van der Waals surface area contributed by atoms with Gasteiger partial charge in [-0.25, -0.2) is 0 Å². The van der Waals surface area contributed by atoms with Crippen LogP contribution in [0, 0.1) is 0 Å². The van der Waals surface area contributed by atoms with Gasteiger partial charge in [0.1, 0.15) is 0 Å². The van der Waals surface area contributed by atoms with Gasteiger partial charge in [0, 0.05) is 20.2 Å². The molecule has 1 saturated heterocycles. The first kappa shape index (κ1) is 16.9. The Bertz CT molecular complexity index is 433. The Labute approximate surface area is 133 Å². The van der Waals surface area contributed by atoms with Gasteiger partial charge in [-0.2, -0.15) is 0 Å². The Kier molecular flexibility index (Phi) is 7.36. The molecule has 122 valence electrons. The van der Waals surface area contributed by atoms with Gasteiger partial charge >= 0.3 is 0 Å². The number of rotatable bonds is 9. The van der Waals surface area contributed by atoms with Crippen LogP contribution in [0.1, 0.15) is 24.4 Å². The van der Waals surface area contributed by atoms with E-state index in [-0.39, 0.29) is 11.9 Å². The molecule has 0 radical (unpaired) electrons. The molecule has 5 heteroatoms. The average Bonchev–Trinajstić information content (AvgIpc) is 3.05. The molecule has 1 aromatic carbocycles. The molecule has 0 spiro atoms. The van der Waals surface area contributed by atoms with Crippen LogP contribution in [0.4, 0.5) is 0 Å². The molecule has 0 bridgehead atoms. The zero-order valence-electron chi connectivity index (χ0n) is 13.4. The van der Waals surface area contributed by atoms with Crippen molar-refractivity contribution in [1.29, 1.82) is 0 Å². The number of carbonyl (C=O) groups excluding carboxylic acids is 1. The minimum atomic E-state index is 0.0316. The topological polar surface area (TPSA) is 53.6 Å². The van der Waals surface area contributed by atoms with Crippen molar-refractivity contribution in [2.24, 2.45) is 0 Å². The number of likely N-dealkylation sites (tertiary alicyclic amines) is 1. The van der Waals surface area contributed by atoms with Crippen LogP contribution < -0.4 is 10.6 Å². The number of nitrogens with one attached hydrogen (secondary N) is 2. The Balaban J connectivity index is 1.88. The van der Waals surface area contributed by atoms with E-state index in [4.69, 9.17) is 4.74 Å². The number of amides is 1. The largest absolute Gasteiger partial charge is 0.383 e. The summed E-state index contributed by atoms with van der Waals surface area (Å²) in [5, 5.41) is 6.24. The maximum absolute atomic E-state index is 12.1. The minimum Gasteiger partial charge on any atom is -0.383 e. The molecule has 0 aliphatic carbocycles. The van der Waals surface area contributed by atoms with Crippen LogP contribution in [0.5, 0.6) is 0 Å². The van der Waals surface area contributed by atoms with Crippen LogP contribution in [0.3, 0.4) is 0 Å². The van der Waals surface area contributed by atoms with E-state index in [1.54, 1.807) is 7.11 Å². The van der Waals surface area contributed by atoms with Gasteiger partial charge in [-0.15, -0.1) is 0 Å². The Morgan fingerprint density at radius 3 is 2.68 bits per heavy atom. The van der Waals surface area contributed by atoms with E-state index < -0.39 is 0 Å². The highest BCUT2D eigenvalue weighted by atomic mass is 16.5. The first-order chi connectivity index (χ1) is 10.8. The van der Waals surface area contributed by atoms with Crippen molar-refractivity contribution in [3.05, 3.63) is 35.9 Å². The van der Waals surface area contributed by atoms with Crippen LogP contribution in [-0.4, -0.2) is 57.2 Å². The fourth-order valence-electron chi connectivity index (χ4n) is 2.76. The molecule has 1 heterocycles. The molecular weight excluding hydrogens is 278 g/mol. The molecule has 1 fully saturated rings. The summed E-state index contributed by atoms with van der Waals surface area (Å²) in [4.78, 5) is 14.6. The number of benzene rings is 1. The van der Waals surface area contributed by atoms with Crippen LogP contribution in [0.25, 0.3) is 0 Å². The van der Waals surface area contributed by atoms with Crippen LogP contribution in [0.2, 0.25) is 0 Å². The van der Waals surface area contributed by atoms with Crippen molar-refractivity contribution in [3.63, 3.8) is 0 Å². The standard InChI is InChI=1S/C17H27N3O2/c1-22-12-9-18-13-17(21)19-16(14-20-10-5-6-11-20)15-7-3-2-4-8-15/h2-4,7-8,16,18H,5-6,9-14H2,1H3,(H,19,21). The molecule has 1 amide bonds. The zero-order valence-corrected chi connectivity index (χ0v) is 13.4. The number of ether oxygens (including phenoxy) is 1. The highest BCUT2D eigenvalue weighted by molar-refractivity contribution is 5.78. The van der Waals surface area contributed by atoms with E-state index in [2.05, 4.69) is 27.7 Å².